The number of rotatable bonds is 4. The van der Waals surface area contributed by atoms with Crippen molar-refractivity contribution in [2.45, 2.75) is 19.1 Å². The average molecular weight is 312 g/mol. The molecule has 0 amide bonds. The molecule has 5 heteroatoms. The van der Waals surface area contributed by atoms with E-state index in [1.54, 1.807) is 0 Å². The van der Waals surface area contributed by atoms with Crippen LogP contribution < -0.4 is 5.32 Å². The fraction of sp³-hybridized carbons (Fsp3) is 0.467. The number of hydrogen-bond donors (Lipinski definition) is 1. The van der Waals surface area contributed by atoms with Gasteiger partial charge < -0.3 is 14.5 Å². The predicted octanol–water partition coefficient (Wildman–Crippen LogP) is 3.87. The van der Waals surface area contributed by atoms with Crippen molar-refractivity contribution in [2.24, 2.45) is 0 Å². The van der Waals surface area contributed by atoms with Crippen LogP contribution in [0.1, 0.15) is 18.7 Å². The highest BCUT2D eigenvalue weighted by molar-refractivity contribution is 7.99. The lowest BCUT2D eigenvalue weighted by Crippen LogP contribution is -2.37. The Hall–Kier alpha value is -0.680. The molecule has 0 saturated carbocycles. The highest BCUT2D eigenvalue weighted by Gasteiger charge is 2.28. The quantitative estimate of drug-likeness (QED) is 0.929. The smallest absolute Gasteiger partial charge is 0.152 e. The van der Waals surface area contributed by atoms with Crippen molar-refractivity contribution in [3.63, 3.8) is 0 Å². The van der Waals surface area contributed by atoms with Gasteiger partial charge in [0.25, 0.3) is 0 Å². The second-order valence-corrected chi connectivity index (χ2v) is 6.38. The number of halogens is 1. The van der Waals surface area contributed by atoms with Crippen molar-refractivity contribution in [3.05, 3.63) is 35.0 Å². The van der Waals surface area contributed by atoms with E-state index < -0.39 is 0 Å². The summed E-state index contributed by atoms with van der Waals surface area (Å²) in [5.74, 6) is 2.96. The molecule has 3 nitrogen and oxygen atoms in total. The third-order valence-electron chi connectivity index (χ3n) is 3.46. The van der Waals surface area contributed by atoms with E-state index in [1.807, 2.05) is 30.0 Å². The Bertz CT molecular complexity index is 580. The Kier molecular flexibility index (Phi) is 4.56. The zero-order chi connectivity index (χ0) is 13.9. The van der Waals surface area contributed by atoms with Gasteiger partial charge >= 0.3 is 0 Å². The summed E-state index contributed by atoms with van der Waals surface area (Å²) in [7, 11) is 0. The van der Waals surface area contributed by atoms with Crippen molar-refractivity contribution in [1.29, 1.82) is 0 Å². The first-order valence-electron chi connectivity index (χ1n) is 6.90. The van der Waals surface area contributed by atoms with Gasteiger partial charge in [-0.15, -0.1) is 0 Å². The molecule has 0 aliphatic carbocycles. The number of furan rings is 1. The first-order chi connectivity index (χ1) is 9.79. The van der Waals surface area contributed by atoms with Gasteiger partial charge in [0, 0.05) is 16.9 Å². The van der Waals surface area contributed by atoms with Crippen LogP contribution in [0.4, 0.5) is 0 Å². The molecular formula is C15H18ClNO2S. The third-order valence-corrected chi connectivity index (χ3v) is 4.78. The fourth-order valence-corrected chi connectivity index (χ4v) is 3.66. The highest BCUT2D eigenvalue weighted by atomic mass is 35.5. The number of likely N-dealkylation sites (N-methyl/N-ethyl adjacent to an activating group) is 1. The summed E-state index contributed by atoms with van der Waals surface area (Å²) in [6.45, 7) is 3.77. The van der Waals surface area contributed by atoms with E-state index in [4.69, 9.17) is 20.8 Å². The second-order valence-electron chi connectivity index (χ2n) is 4.83. The van der Waals surface area contributed by atoms with Crippen LogP contribution in [0.3, 0.4) is 0 Å². The normalized spacial score (nSPS) is 21.2. The van der Waals surface area contributed by atoms with E-state index in [0.717, 1.165) is 41.4 Å². The molecule has 2 unspecified atom stereocenters. The SMILES string of the molecule is CCNC(c1cc2cccc(Cl)c2o1)C1CSCCO1. The molecule has 1 N–H and O–H groups in total. The van der Waals surface area contributed by atoms with Gasteiger partial charge in [-0.05, 0) is 18.7 Å². The summed E-state index contributed by atoms with van der Waals surface area (Å²) >= 11 is 8.12. The van der Waals surface area contributed by atoms with Crippen LogP contribution in [-0.2, 0) is 4.74 Å². The van der Waals surface area contributed by atoms with E-state index in [9.17, 15) is 0 Å². The zero-order valence-corrected chi connectivity index (χ0v) is 13.0. The summed E-state index contributed by atoms with van der Waals surface area (Å²) in [4.78, 5) is 0. The summed E-state index contributed by atoms with van der Waals surface area (Å²) in [5.41, 5.74) is 0.760. The third kappa shape index (κ3) is 2.84. The Morgan fingerprint density at radius 3 is 3.10 bits per heavy atom. The monoisotopic (exact) mass is 311 g/mol. The van der Waals surface area contributed by atoms with Crippen LogP contribution in [0.2, 0.25) is 5.02 Å². The molecule has 1 fully saturated rings. The molecule has 0 bridgehead atoms. The van der Waals surface area contributed by atoms with Crippen LogP contribution in [0.25, 0.3) is 11.0 Å². The van der Waals surface area contributed by atoms with E-state index in [-0.39, 0.29) is 12.1 Å². The predicted molar refractivity (Wildman–Crippen MR) is 84.7 cm³/mol. The van der Waals surface area contributed by atoms with Crippen molar-refractivity contribution in [2.75, 3.05) is 24.7 Å². The van der Waals surface area contributed by atoms with Crippen molar-refractivity contribution < 1.29 is 9.15 Å². The van der Waals surface area contributed by atoms with Gasteiger partial charge in [-0.1, -0.05) is 30.7 Å². The van der Waals surface area contributed by atoms with Crippen molar-refractivity contribution >= 4 is 34.3 Å². The molecule has 1 aromatic carbocycles. The average Bonchev–Trinajstić information content (AvgIpc) is 2.91. The number of nitrogens with one attached hydrogen (secondary N) is 1. The number of hydrogen-bond acceptors (Lipinski definition) is 4. The highest BCUT2D eigenvalue weighted by Crippen LogP contribution is 2.32. The zero-order valence-electron chi connectivity index (χ0n) is 11.4. The number of para-hydroxylation sites is 1. The fourth-order valence-electron chi connectivity index (χ4n) is 2.53. The Labute approximate surface area is 128 Å². The van der Waals surface area contributed by atoms with Crippen LogP contribution in [-0.4, -0.2) is 30.8 Å². The summed E-state index contributed by atoms with van der Waals surface area (Å²) in [6, 6.07) is 7.97. The van der Waals surface area contributed by atoms with E-state index >= 15 is 0 Å². The van der Waals surface area contributed by atoms with Crippen molar-refractivity contribution in [1.82, 2.24) is 5.32 Å². The van der Waals surface area contributed by atoms with Gasteiger partial charge in [0.2, 0.25) is 0 Å². The Balaban J connectivity index is 1.93. The molecule has 20 heavy (non-hydrogen) atoms. The molecule has 3 rings (SSSR count). The van der Waals surface area contributed by atoms with Crippen LogP contribution in [0.15, 0.2) is 28.7 Å². The van der Waals surface area contributed by atoms with Gasteiger partial charge in [-0.3, -0.25) is 0 Å². The van der Waals surface area contributed by atoms with Gasteiger partial charge in [-0.25, -0.2) is 0 Å². The summed E-state index contributed by atoms with van der Waals surface area (Å²) in [5, 5.41) is 5.17. The molecule has 0 spiro atoms. The lowest BCUT2D eigenvalue weighted by atomic mass is 10.1. The number of ether oxygens (including phenoxy) is 1. The number of thioether (sulfide) groups is 1. The van der Waals surface area contributed by atoms with Gasteiger partial charge in [0.15, 0.2) is 5.58 Å². The standard InChI is InChI=1S/C15H18ClNO2S/c1-2-17-14(13-9-20-7-6-18-13)12-8-10-4-3-5-11(16)15(10)19-12/h3-5,8,13-14,17H,2,6-7,9H2,1H3. The topological polar surface area (TPSA) is 34.4 Å². The molecule has 1 aliphatic rings. The largest absolute Gasteiger partial charge is 0.458 e. The molecule has 2 aromatic rings. The number of benzene rings is 1. The summed E-state index contributed by atoms with van der Waals surface area (Å²) < 4.78 is 11.9. The molecule has 0 radical (unpaired) electrons. The lowest BCUT2D eigenvalue weighted by molar-refractivity contribution is 0.0418. The first-order valence-corrected chi connectivity index (χ1v) is 8.43. The minimum absolute atomic E-state index is 0.0799. The summed E-state index contributed by atoms with van der Waals surface area (Å²) in [6.07, 6.45) is 0.146. The molecule has 108 valence electrons. The van der Waals surface area contributed by atoms with E-state index in [2.05, 4.69) is 18.3 Å². The Morgan fingerprint density at radius 2 is 2.40 bits per heavy atom. The maximum absolute atomic E-state index is 6.19. The molecular weight excluding hydrogens is 294 g/mol. The molecule has 2 heterocycles. The Morgan fingerprint density at radius 1 is 1.50 bits per heavy atom. The second kappa shape index (κ2) is 6.39. The molecule has 1 aliphatic heterocycles. The molecule has 1 aromatic heterocycles. The minimum Gasteiger partial charge on any atom is -0.458 e. The minimum atomic E-state index is 0.0799. The van der Waals surface area contributed by atoms with Crippen LogP contribution >= 0.6 is 23.4 Å². The van der Waals surface area contributed by atoms with Crippen molar-refractivity contribution in [3.8, 4) is 0 Å². The lowest BCUT2D eigenvalue weighted by Gasteiger charge is -2.29. The van der Waals surface area contributed by atoms with Gasteiger partial charge in [-0.2, -0.15) is 11.8 Å². The van der Waals surface area contributed by atoms with Gasteiger partial charge in [0.05, 0.1) is 23.8 Å². The molecule has 1 saturated heterocycles. The number of fused-ring (bicyclic) bond motifs is 1. The maximum atomic E-state index is 6.19. The van der Waals surface area contributed by atoms with Crippen LogP contribution in [0.5, 0.6) is 0 Å². The first kappa shape index (κ1) is 14.3. The van der Waals surface area contributed by atoms with Crippen LogP contribution in [0, 0.1) is 0 Å². The van der Waals surface area contributed by atoms with E-state index in [1.165, 1.54) is 0 Å². The van der Waals surface area contributed by atoms with E-state index in [0.29, 0.717) is 5.02 Å². The van der Waals surface area contributed by atoms with Gasteiger partial charge in [0.1, 0.15) is 5.76 Å². The maximum Gasteiger partial charge on any atom is 0.152 e. The molecule has 2 atom stereocenters.